The normalized spacial score (nSPS) is 10.5. The van der Waals surface area contributed by atoms with E-state index in [1.54, 1.807) is 18.3 Å². The third-order valence-electron chi connectivity index (χ3n) is 4.04. The van der Waals surface area contributed by atoms with Crippen molar-refractivity contribution >= 4 is 11.7 Å². The molecule has 1 aromatic heterocycles. The van der Waals surface area contributed by atoms with Crippen molar-refractivity contribution in [1.82, 2.24) is 4.98 Å². The molecular weight excluding hydrogens is 315 g/mol. The van der Waals surface area contributed by atoms with Crippen LogP contribution in [0.1, 0.15) is 19.4 Å². The van der Waals surface area contributed by atoms with Gasteiger partial charge in [-0.25, -0.2) is 9.37 Å². The summed E-state index contributed by atoms with van der Waals surface area (Å²) in [5, 5.41) is 2.70. The number of carbonyl (C=O) groups is 1. The molecule has 25 heavy (non-hydrogen) atoms. The third-order valence-corrected chi connectivity index (χ3v) is 4.04. The Morgan fingerprint density at radius 3 is 2.20 bits per heavy atom. The zero-order chi connectivity index (χ0) is 17.8. The second kappa shape index (κ2) is 7.26. The van der Waals surface area contributed by atoms with Crippen molar-refractivity contribution < 1.29 is 9.18 Å². The van der Waals surface area contributed by atoms with Crippen LogP contribution in [0.15, 0.2) is 60.8 Å². The zero-order valence-electron chi connectivity index (χ0n) is 14.2. The maximum Gasteiger partial charge on any atom is 0.222 e. The minimum atomic E-state index is -0.284. The summed E-state index contributed by atoms with van der Waals surface area (Å²) >= 11 is 0. The Bertz CT molecular complexity index is 887. The van der Waals surface area contributed by atoms with Gasteiger partial charge in [0, 0.05) is 18.7 Å². The number of anilines is 1. The van der Waals surface area contributed by atoms with Crippen molar-refractivity contribution in [3.8, 4) is 22.3 Å². The molecule has 0 bridgehead atoms. The van der Waals surface area contributed by atoms with Gasteiger partial charge in [-0.05, 0) is 46.9 Å². The molecule has 0 aliphatic carbocycles. The van der Waals surface area contributed by atoms with Crippen LogP contribution in [0.3, 0.4) is 0 Å². The van der Waals surface area contributed by atoms with Crippen LogP contribution in [-0.2, 0) is 11.2 Å². The third kappa shape index (κ3) is 3.91. The lowest BCUT2D eigenvalue weighted by Crippen LogP contribution is -2.07. The van der Waals surface area contributed by atoms with Crippen LogP contribution < -0.4 is 5.32 Å². The molecule has 0 fully saturated rings. The van der Waals surface area contributed by atoms with E-state index in [0.717, 1.165) is 28.7 Å². The van der Waals surface area contributed by atoms with Gasteiger partial charge in [-0.2, -0.15) is 0 Å². The summed E-state index contributed by atoms with van der Waals surface area (Å²) in [5.41, 5.74) is 4.98. The number of pyridine rings is 1. The van der Waals surface area contributed by atoms with Crippen molar-refractivity contribution in [3.63, 3.8) is 0 Å². The number of amides is 1. The molecule has 0 aliphatic heterocycles. The Morgan fingerprint density at radius 1 is 1.00 bits per heavy atom. The van der Waals surface area contributed by atoms with Crippen LogP contribution in [0.4, 0.5) is 10.2 Å². The zero-order valence-corrected chi connectivity index (χ0v) is 14.2. The second-order valence-electron chi connectivity index (χ2n) is 5.85. The Morgan fingerprint density at radius 2 is 1.60 bits per heavy atom. The molecule has 3 rings (SSSR count). The molecule has 0 atom stereocenters. The van der Waals surface area contributed by atoms with Gasteiger partial charge in [-0.1, -0.05) is 43.3 Å². The van der Waals surface area contributed by atoms with Crippen LogP contribution in [0.5, 0.6) is 0 Å². The molecule has 0 aliphatic rings. The molecule has 126 valence electrons. The molecule has 4 heteroatoms. The van der Waals surface area contributed by atoms with Gasteiger partial charge in [0.05, 0.1) is 0 Å². The summed E-state index contributed by atoms with van der Waals surface area (Å²) in [6, 6.07) is 16.4. The highest BCUT2D eigenvalue weighted by Gasteiger charge is 2.11. The van der Waals surface area contributed by atoms with Crippen LogP contribution in [0, 0.1) is 5.82 Å². The molecule has 1 amide bonds. The number of aryl methyl sites for hydroxylation is 1. The molecule has 1 heterocycles. The van der Waals surface area contributed by atoms with E-state index in [1.807, 2.05) is 6.07 Å². The van der Waals surface area contributed by atoms with Crippen molar-refractivity contribution in [2.24, 2.45) is 0 Å². The SMILES string of the molecule is CCc1ccc(-c2cnc(NC(C)=O)cc2-c2ccc(F)cc2)cc1. The fraction of sp³-hybridized carbons (Fsp3) is 0.143. The van der Waals surface area contributed by atoms with Crippen LogP contribution in [-0.4, -0.2) is 10.9 Å². The Hall–Kier alpha value is -3.01. The monoisotopic (exact) mass is 334 g/mol. The van der Waals surface area contributed by atoms with Crippen molar-refractivity contribution in [2.75, 3.05) is 5.32 Å². The van der Waals surface area contributed by atoms with E-state index < -0.39 is 0 Å². The minimum Gasteiger partial charge on any atom is -0.311 e. The molecule has 0 saturated heterocycles. The maximum absolute atomic E-state index is 13.3. The van der Waals surface area contributed by atoms with E-state index >= 15 is 0 Å². The molecule has 0 unspecified atom stereocenters. The van der Waals surface area contributed by atoms with Crippen LogP contribution in [0.25, 0.3) is 22.3 Å². The van der Waals surface area contributed by atoms with Gasteiger partial charge in [-0.15, -0.1) is 0 Å². The molecule has 2 aromatic carbocycles. The molecule has 0 spiro atoms. The number of nitrogens with zero attached hydrogens (tertiary/aromatic N) is 1. The summed E-state index contributed by atoms with van der Waals surface area (Å²) in [5.74, 6) is 0.00657. The van der Waals surface area contributed by atoms with Gasteiger partial charge >= 0.3 is 0 Å². The number of nitrogens with one attached hydrogen (secondary N) is 1. The fourth-order valence-electron chi connectivity index (χ4n) is 2.72. The standard InChI is InChI=1S/C21H19FN2O/c1-3-15-4-6-17(7-5-15)20-13-23-21(24-14(2)25)12-19(20)16-8-10-18(22)11-9-16/h4-13H,3H2,1-2H3,(H,23,24,25). The van der Waals surface area contributed by atoms with Crippen molar-refractivity contribution in [2.45, 2.75) is 20.3 Å². The number of aromatic nitrogens is 1. The summed E-state index contributed by atoms with van der Waals surface area (Å²) in [7, 11) is 0. The van der Waals surface area contributed by atoms with E-state index in [0.29, 0.717) is 5.82 Å². The first-order valence-corrected chi connectivity index (χ1v) is 8.19. The number of benzene rings is 2. The van der Waals surface area contributed by atoms with Crippen LogP contribution >= 0.6 is 0 Å². The molecule has 3 aromatic rings. The summed E-state index contributed by atoms with van der Waals surface area (Å²) in [6.07, 6.45) is 2.72. The highest BCUT2D eigenvalue weighted by molar-refractivity contribution is 5.90. The van der Waals surface area contributed by atoms with E-state index in [-0.39, 0.29) is 11.7 Å². The van der Waals surface area contributed by atoms with Gasteiger partial charge in [0.2, 0.25) is 5.91 Å². The number of hydrogen-bond acceptors (Lipinski definition) is 2. The lowest BCUT2D eigenvalue weighted by Gasteiger charge is -2.13. The van der Waals surface area contributed by atoms with E-state index in [9.17, 15) is 9.18 Å². The highest BCUT2D eigenvalue weighted by Crippen LogP contribution is 2.33. The first kappa shape index (κ1) is 16.8. The quantitative estimate of drug-likeness (QED) is 0.723. The van der Waals surface area contributed by atoms with Gasteiger partial charge in [0.15, 0.2) is 0 Å². The smallest absolute Gasteiger partial charge is 0.222 e. The number of carbonyl (C=O) groups excluding carboxylic acids is 1. The molecule has 3 nitrogen and oxygen atoms in total. The van der Waals surface area contributed by atoms with Gasteiger partial charge < -0.3 is 5.32 Å². The van der Waals surface area contributed by atoms with Gasteiger partial charge in [0.25, 0.3) is 0 Å². The van der Waals surface area contributed by atoms with Crippen LogP contribution in [0.2, 0.25) is 0 Å². The maximum atomic E-state index is 13.3. The van der Waals surface area contributed by atoms with Crippen molar-refractivity contribution in [1.29, 1.82) is 0 Å². The molecule has 0 radical (unpaired) electrons. The lowest BCUT2D eigenvalue weighted by molar-refractivity contribution is -0.114. The Labute approximate surface area is 146 Å². The fourth-order valence-corrected chi connectivity index (χ4v) is 2.72. The average molecular weight is 334 g/mol. The first-order valence-electron chi connectivity index (χ1n) is 8.19. The second-order valence-corrected chi connectivity index (χ2v) is 5.85. The van der Waals surface area contributed by atoms with E-state index in [2.05, 4.69) is 41.5 Å². The van der Waals surface area contributed by atoms with E-state index in [4.69, 9.17) is 0 Å². The largest absolute Gasteiger partial charge is 0.311 e. The molecular formula is C21H19FN2O. The van der Waals surface area contributed by atoms with Crippen molar-refractivity contribution in [3.05, 3.63) is 72.2 Å². The minimum absolute atomic E-state index is 0.183. The average Bonchev–Trinajstić information content (AvgIpc) is 2.62. The summed E-state index contributed by atoms with van der Waals surface area (Å²) < 4.78 is 13.3. The first-order chi connectivity index (χ1) is 12.1. The Balaban J connectivity index is 2.12. The molecule has 0 saturated carbocycles. The lowest BCUT2D eigenvalue weighted by atomic mass is 9.95. The van der Waals surface area contributed by atoms with Gasteiger partial charge in [0.1, 0.15) is 11.6 Å². The number of hydrogen-bond donors (Lipinski definition) is 1. The number of halogens is 1. The Kier molecular flexibility index (Phi) is 4.89. The number of rotatable bonds is 4. The molecule has 1 N–H and O–H groups in total. The highest BCUT2D eigenvalue weighted by atomic mass is 19.1. The predicted molar refractivity (Wildman–Crippen MR) is 98.7 cm³/mol. The summed E-state index contributed by atoms with van der Waals surface area (Å²) in [6.45, 7) is 3.55. The van der Waals surface area contributed by atoms with E-state index in [1.165, 1.54) is 24.6 Å². The summed E-state index contributed by atoms with van der Waals surface area (Å²) in [4.78, 5) is 15.7. The van der Waals surface area contributed by atoms with Gasteiger partial charge in [-0.3, -0.25) is 4.79 Å². The predicted octanol–water partition coefficient (Wildman–Crippen LogP) is 5.08. The topological polar surface area (TPSA) is 42.0 Å².